The zero-order chi connectivity index (χ0) is 8.44. The van der Waals surface area contributed by atoms with E-state index in [0.717, 1.165) is 0 Å². The first kappa shape index (κ1) is 8.52. The van der Waals surface area contributed by atoms with Gasteiger partial charge in [0.25, 0.3) is 0 Å². The van der Waals surface area contributed by atoms with Crippen LogP contribution in [0, 0.1) is 0 Å². The Hall–Kier alpha value is -0.0800. The van der Waals surface area contributed by atoms with E-state index in [9.17, 15) is 0 Å². The van der Waals surface area contributed by atoms with Crippen LogP contribution in [-0.2, 0) is 0 Å². The lowest BCUT2D eigenvalue weighted by Gasteiger charge is -2.44. The largest absolute Gasteiger partial charge is 0.299 e. The summed E-state index contributed by atoms with van der Waals surface area (Å²) in [7, 11) is 0. The highest BCUT2D eigenvalue weighted by Gasteiger charge is 2.34. The Bertz CT molecular complexity index is 158. The smallest absolute Gasteiger partial charge is 0.0683 e. The summed E-state index contributed by atoms with van der Waals surface area (Å²) in [5.74, 6) is 0. The zero-order valence-electron chi connectivity index (χ0n) is 8.10. The monoisotopic (exact) mass is 168 g/mol. The summed E-state index contributed by atoms with van der Waals surface area (Å²) in [5, 5.41) is 3.66. The maximum Gasteiger partial charge on any atom is 0.0683 e. The van der Waals surface area contributed by atoms with Gasteiger partial charge in [-0.2, -0.15) is 0 Å². The van der Waals surface area contributed by atoms with Crippen molar-refractivity contribution in [1.82, 2.24) is 10.2 Å². The van der Waals surface area contributed by atoms with Crippen LogP contribution in [0.25, 0.3) is 0 Å². The molecule has 2 aliphatic rings. The Labute approximate surface area is 75.3 Å². The number of rotatable bonds is 0. The van der Waals surface area contributed by atoms with Gasteiger partial charge < -0.3 is 0 Å². The normalized spacial score (nSPS) is 38.8. The lowest BCUT2D eigenvalue weighted by Crippen LogP contribution is -2.60. The van der Waals surface area contributed by atoms with Gasteiger partial charge in [0.1, 0.15) is 0 Å². The van der Waals surface area contributed by atoms with Crippen molar-refractivity contribution in [3.63, 3.8) is 0 Å². The van der Waals surface area contributed by atoms with Crippen LogP contribution in [-0.4, -0.2) is 30.2 Å². The third-order valence-electron chi connectivity index (χ3n) is 3.40. The van der Waals surface area contributed by atoms with E-state index >= 15 is 0 Å². The van der Waals surface area contributed by atoms with Crippen molar-refractivity contribution >= 4 is 0 Å². The van der Waals surface area contributed by atoms with Crippen LogP contribution in [0.4, 0.5) is 0 Å². The predicted octanol–water partition coefficient (Wildman–Crippen LogP) is 1.57. The minimum Gasteiger partial charge on any atom is -0.299 e. The van der Waals surface area contributed by atoms with Gasteiger partial charge in [0, 0.05) is 6.54 Å². The molecule has 2 saturated heterocycles. The van der Waals surface area contributed by atoms with Crippen LogP contribution in [0.3, 0.4) is 0 Å². The average molecular weight is 168 g/mol. The highest BCUT2D eigenvalue weighted by Crippen LogP contribution is 2.26. The number of hydrogen-bond acceptors (Lipinski definition) is 2. The highest BCUT2D eigenvalue weighted by atomic mass is 15.3. The summed E-state index contributed by atoms with van der Waals surface area (Å²) in [6, 6.07) is 0. The van der Waals surface area contributed by atoms with Gasteiger partial charge in [0.2, 0.25) is 0 Å². The predicted molar refractivity (Wildman–Crippen MR) is 51.1 cm³/mol. The van der Waals surface area contributed by atoms with E-state index in [1.165, 1.54) is 51.7 Å². The number of nitrogens with zero attached hydrogens (tertiary/aromatic N) is 1. The van der Waals surface area contributed by atoms with Gasteiger partial charge in [-0.3, -0.25) is 10.2 Å². The Kier molecular flexibility index (Phi) is 2.37. The molecule has 2 heterocycles. The van der Waals surface area contributed by atoms with E-state index in [2.05, 4.69) is 17.1 Å². The van der Waals surface area contributed by atoms with E-state index in [4.69, 9.17) is 0 Å². The van der Waals surface area contributed by atoms with Gasteiger partial charge in [0.15, 0.2) is 0 Å². The molecule has 1 atom stereocenters. The van der Waals surface area contributed by atoms with Gasteiger partial charge in [-0.1, -0.05) is 12.8 Å². The molecule has 12 heavy (non-hydrogen) atoms. The molecule has 2 aliphatic heterocycles. The summed E-state index contributed by atoms with van der Waals surface area (Å²) in [5.41, 5.74) is 0.342. The second kappa shape index (κ2) is 3.35. The summed E-state index contributed by atoms with van der Waals surface area (Å²) in [6.45, 7) is 6.21. The molecule has 0 aliphatic carbocycles. The quantitative estimate of drug-likeness (QED) is 0.590. The fourth-order valence-corrected chi connectivity index (χ4v) is 2.54. The van der Waals surface area contributed by atoms with E-state index in [0.29, 0.717) is 5.66 Å². The molecular formula is C10H20N2. The summed E-state index contributed by atoms with van der Waals surface area (Å²) >= 11 is 0. The van der Waals surface area contributed by atoms with Crippen molar-refractivity contribution in [2.45, 2.75) is 44.7 Å². The SMILES string of the molecule is CC12CCCCCN1CCCN2. The molecule has 0 amide bonds. The molecule has 0 aromatic carbocycles. The summed E-state index contributed by atoms with van der Waals surface area (Å²) in [4.78, 5) is 2.64. The topological polar surface area (TPSA) is 15.3 Å². The van der Waals surface area contributed by atoms with Crippen LogP contribution < -0.4 is 5.32 Å². The molecule has 1 N–H and O–H groups in total. The lowest BCUT2D eigenvalue weighted by molar-refractivity contribution is 0.0433. The van der Waals surface area contributed by atoms with Crippen molar-refractivity contribution in [2.75, 3.05) is 19.6 Å². The van der Waals surface area contributed by atoms with Gasteiger partial charge in [0.05, 0.1) is 5.66 Å². The van der Waals surface area contributed by atoms with Gasteiger partial charge >= 0.3 is 0 Å². The second-order valence-corrected chi connectivity index (χ2v) is 4.35. The van der Waals surface area contributed by atoms with Gasteiger partial charge in [-0.25, -0.2) is 0 Å². The van der Waals surface area contributed by atoms with Crippen LogP contribution >= 0.6 is 0 Å². The van der Waals surface area contributed by atoms with E-state index in [-0.39, 0.29) is 0 Å². The fourth-order valence-electron chi connectivity index (χ4n) is 2.54. The minimum absolute atomic E-state index is 0.342. The maximum absolute atomic E-state index is 3.66. The van der Waals surface area contributed by atoms with Gasteiger partial charge in [-0.15, -0.1) is 0 Å². The molecule has 0 saturated carbocycles. The molecule has 70 valence electrons. The second-order valence-electron chi connectivity index (χ2n) is 4.35. The van der Waals surface area contributed by atoms with Crippen LogP contribution in [0.15, 0.2) is 0 Å². The fraction of sp³-hybridized carbons (Fsp3) is 1.00. The van der Waals surface area contributed by atoms with E-state index in [1.807, 2.05) is 0 Å². The van der Waals surface area contributed by atoms with Crippen molar-refractivity contribution in [1.29, 1.82) is 0 Å². The van der Waals surface area contributed by atoms with Crippen molar-refractivity contribution < 1.29 is 0 Å². The standard InChI is InChI=1S/C10H20N2/c1-10-6-3-2-4-8-12(10)9-5-7-11-10/h11H,2-9H2,1H3. The molecule has 0 aromatic rings. The number of fused-ring (bicyclic) bond motifs is 1. The molecule has 0 spiro atoms. The number of hydrogen-bond donors (Lipinski definition) is 1. The van der Waals surface area contributed by atoms with E-state index in [1.54, 1.807) is 0 Å². The molecule has 0 bridgehead atoms. The van der Waals surface area contributed by atoms with Crippen LogP contribution in [0.1, 0.15) is 39.0 Å². The molecule has 0 radical (unpaired) electrons. The highest BCUT2D eigenvalue weighted by molar-refractivity contribution is 4.89. The third kappa shape index (κ3) is 1.50. The Morgan fingerprint density at radius 2 is 1.92 bits per heavy atom. The van der Waals surface area contributed by atoms with Crippen LogP contribution in [0.5, 0.6) is 0 Å². The lowest BCUT2D eigenvalue weighted by atomic mass is 10.0. The first-order valence-electron chi connectivity index (χ1n) is 5.31. The van der Waals surface area contributed by atoms with Crippen molar-refractivity contribution in [3.05, 3.63) is 0 Å². The Morgan fingerprint density at radius 3 is 2.83 bits per heavy atom. The van der Waals surface area contributed by atoms with Crippen LogP contribution in [0.2, 0.25) is 0 Å². The Balaban J connectivity index is 2.07. The Morgan fingerprint density at radius 1 is 1.08 bits per heavy atom. The summed E-state index contributed by atoms with van der Waals surface area (Å²) in [6.07, 6.45) is 6.90. The number of nitrogens with one attached hydrogen (secondary N) is 1. The molecule has 2 nitrogen and oxygen atoms in total. The van der Waals surface area contributed by atoms with E-state index < -0.39 is 0 Å². The van der Waals surface area contributed by atoms with Crippen molar-refractivity contribution in [3.8, 4) is 0 Å². The molecule has 2 fully saturated rings. The first-order valence-corrected chi connectivity index (χ1v) is 5.31. The maximum atomic E-state index is 3.66. The van der Waals surface area contributed by atoms with Gasteiger partial charge in [-0.05, 0) is 39.3 Å². The summed E-state index contributed by atoms with van der Waals surface area (Å²) < 4.78 is 0. The molecule has 2 rings (SSSR count). The zero-order valence-corrected chi connectivity index (χ0v) is 8.10. The minimum atomic E-state index is 0.342. The first-order chi connectivity index (χ1) is 5.81. The molecule has 1 unspecified atom stereocenters. The molecular weight excluding hydrogens is 148 g/mol. The third-order valence-corrected chi connectivity index (χ3v) is 3.40. The van der Waals surface area contributed by atoms with Crippen molar-refractivity contribution in [2.24, 2.45) is 0 Å². The molecule has 2 heteroatoms. The molecule has 0 aromatic heterocycles. The average Bonchev–Trinajstić information content (AvgIpc) is 2.25.